The van der Waals surface area contributed by atoms with Crippen molar-refractivity contribution in [1.29, 1.82) is 0 Å². The van der Waals surface area contributed by atoms with Crippen LogP contribution in [0, 0.1) is 6.92 Å². The van der Waals surface area contributed by atoms with Crippen LogP contribution in [0.3, 0.4) is 0 Å². The minimum atomic E-state index is -0.268. The highest BCUT2D eigenvalue weighted by molar-refractivity contribution is 5.77. The first-order chi connectivity index (χ1) is 10.5. The summed E-state index contributed by atoms with van der Waals surface area (Å²) in [6.45, 7) is 5.84. The van der Waals surface area contributed by atoms with E-state index in [2.05, 4.69) is 33.6 Å². The Labute approximate surface area is 128 Å². The van der Waals surface area contributed by atoms with E-state index < -0.39 is 0 Å². The van der Waals surface area contributed by atoms with Crippen LogP contribution < -0.4 is 5.32 Å². The fraction of sp³-hybridized carbons (Fsp3) is 0.375. The van der Waals surface area contributed by atoms with Crippen LogP contribution >= 0.6 is 0 Å². The van der Waals surface area contributed by atoms with Gasteiger partial charge in [0, 0.05) is 24.0 Å². The summed E-state index contributed by atoms with van der Waals surface area (Å²) in [7, 11) is 0. The molecule has 0 aromatic carbocycles. The average Bonchev–Trinajstić information content (AvgIpc) is 2.88. The van der Waals surface area contributed by atoms with Crippen molar-refractivity contribution >= 4 is 11.6 Å². The first-order valence-corrected chi connectivity index (χ1v) is 7.39. The van der Waals surface area contributed by atoms with E-state index in [1.54, 1.807) is 4.52 Å². The zero-order valence-electron chi connectivity index (χ0n) is 13.0. The number of aromatic nitrogens is 4. The molecule has 6 nitrogen and oxygen atoms in total. The minimum absolute atomic E-state index is 0.0296. The van der Waals surface area contributed by atoms with Crippen LogP contribution in [-0.2, 0) is 10.2 Å². The molecule has 2 aromatic rings. The van der Waals surface area contributed by atoms with Crippen molar-refractivity contribution in [1.82, 2.24) is 25.1 Å². The number of hydrogen-bond acceptors (Lipinski definition) is 4. The number of nitrogens with one attached hydrogen (secondary N) is 1. The van der Waals surface area contributed by atoms with Crippen molar-refractivity contribution in [2.45, 2.75) is 39.0 Å². The van der Waals surface area contributed by atoms with Crippen molar-refractivity contribution in [3.8, 4) is 0 Å². The number of aryl methyl sites for hydroxylation is 1. The Morgan fingerprint density at radius 1 is 1.41 bits per heavy atom. The predicted octanol–water partition coefficient (Wildman–Crippen LogP) is 2.06. The molecule has 114 valence electrons. The van der Waals surface area contributed by atoms with Crippen LogP contribution in [0.25, 0.3) is 5.65 Å². The zero-order valence-corrected chi connectivity index (χ0v) is 13.0. The highest BCUT2D eigenvalue weighted by Gasteiger charge is 2.29. The molecule has 2 heterocycles. The Bertz CT molecular complexity index is 789. The molecule has 1 aliphatic rings. The van der Waals surface area contributed by atoms with Crippen LogP contribution in [0.4, 0.5) is 0 Å². The molecule has 1 unspecified atom stereocenters. The zero-order chi connectivity index (χ0) is 15.7. The molecule has 0 radical (unpaired) electrons. The molecular weight excluding hydrogens is 278 g/mol. The number of allylic oxidation sites excluding steroid dienone is 4. The van der Waals surface area contributed by atoms with Gasteiger partial charge in [-0.2, -0.15) is 9.61 Å². The lowest BCUT2D eigenvalue weighted by Gasteiger charge is -2.29. The standard InChI is InChI=1S/C16H19N5O/c1-4-15(22)17-12-6-5-9-16(3,10-12)13-7-8-14-19-18-11(2)21(14)20-13/h5-9H,4,10H2,1-3H3,(H,17,22). The van der Waals surface area contributed by atoms with E-state index in [1.165, 1.54) is 0 Å². The number of hydrogen-bond donors (Lipinski definition) is 1. The Kier molecular flexibility index (Phi) is 3.52. The van der Waals surface area contributed by atoms with Gasteiger partial charge in [0.2, 0.25) is 5.91 Å². The second kappa shape index (κ2) is 5.36. The maximum Gasteiger partial charge on any atom is 0.223 e. The molecule has 0 spiro atoms. The van der Waals surface area contributed by atoms with Crippen LogP contribution in [0.15, 0.2) is 36.1 Å². The van der Waals surface area contributed by atoms with E-state index in [0.717, 1.165) is 22.9 Å². The SMILES string of the molecule is CCC(=O)NC1=CC=CC(C)(c2ccc3nnc(C)n3n2)C1. The lowest BCUT2D eigenvalue weighted by molar-refractivity contribution is -0.120. The number of carbonyl (C=O) groups is 1. The first kappa shape index (κ1) is 14.4. The summed E-state index contributed by atoms with van der Waals surface area (Å²) in [5, 5.41) is 15.7. The number of fused-ring (bicyclic) bond motifs is 1. The lowest BCUT2D eigenvalue weighted by Crippen LogP contribution is -2.31. The van der Waals surface area contributed by atoms with Gasteiger partial charge in [-0.15, -0.1) is 10.2 Å². The summed E-state index contributed by atoms with van der Waals surface area (Å²) >= 11 is 0. The smallest absolute Gasteiger partial charge is 0.223 e. The highest BCUT2D eigenvalue weighted by atomic mass is 16.1. The van der Waals surface area contributed by atoms with E-state index >= 15 is 0 Å². The van der Waals surface area contributed by atoms with Gasteiger partial charge in [0.25, 0.3) is 0 Å². The van der Waals surface area contributed by atoms with Gasteiger partial charge in [-0.05, 0) is 25.1 Å². The number of carbonyl (C=O) groups excluding carboxylic acids is 1. The molecule has 1 amide bonds. The van der Waals surface area contributed by atoms with Crippen LogP contribution in [0.2, 0.25) is 0 Å². The van der Waals surface area contributed by atoms with Gasteiger partial charge < -0.3 is 5.32 Å². The molecule has 0 saturated heterocycles. The topological polar surface area (TPSA) is 72.2 Å². The van der Waals surface area contributed by atoms with Gasteiger partial charge in [-0.25, -0.2) is 0 Å². The molecule has 3 rings (SSSR count). The van der Waals surface area contributed by atoms with Gasteiger partial charge in [0.05, 0.1) is 5.69 Å². The van der Waals surface area contributed by atoms with Crippen molar-refractivity contribution < 1.29 is 4.79 Å². The Morgan fingerprint density at radius 3 is 3.00 bits per heavy atom. The third-order valence-corrected chi connectivity index (χ3v) is 3.94. The van der Waals surface area contributed by atoms with Crippen LogP contribution in [0.5, 0.6) is 0 Å². The number of nitrogens with zero attached hydrogens (tertiary/aromatic N) is 4. The second-order valence-corrected chi connectivity index (χ2v) is 5.78. The normalized spacial score (nSPS) is 21.0. The van der Waals surface area contributed by atoms with Gasteiger partial charge in [0.1, 0.15) is 0 Å². The van der Waals surface area contributed by atoms with E-state index in [0.29, 0.717) is 12.8 Å². The van der Waals surface area contributed by atoms with Crippen molar-refractivity contribution in [2.24, 2.45) is 0 Å². The molecule has 1 atom stereocenters. The third kappa shape index (κ3) is 2.52. The third-order valence-electron chi connectivity index (χ3n) is 3.94. The van der Waals surface area contributed by atoms with Crippen molar-refractivity contribution in [2.75, 3.05) is 0 Å². The highest BCUT2D eigenvalue weighted by Crippen LogP contribution is 2.33. The maximum atomic E-state index is 11.6. The lowest BCUT2D eigenvalue weighted by atomic mass is 9.79. The van der Waals surface area contributed by atoms with E-state index in [9.17, 15) is 4.79 Å². The largest absolute Gasteiger partial charge is 0.330 e. The Balaban J connectivity index is 1.92. The summed E-state index contributed by atoms with van der Waals surface area (Å²) < 4.78 is 1.75. The molecule has 1 N–H and O–H groups in total. The Morgan fingerprint density at radius 2 is 2.23 bits per heavy atom. The maximum absolute atomic E-state index is 11.6. The molecule has 0 aliphatic heterocycles. The van der Waals surface area contributed by atoms with Gasteiger partial charge in [-0.1, -0.05) is 26.0 Å². The number of amides is 1. The number of rotatable bonds is 3. The van der Waals surface area contributed by atoms with Crippen LogP contribution in [-0.4, -0.2) is 25.7 Å². The van der Waals surface area contributed by atoms with E-state index in [1.807, 2.05) is 38.1 Å². The second-order valence-electron chi connectivity index (χ2n) is 5.78. The van der Waals surface area contributed by atoms with Gasteiger partial charge in [0.15, 0.2) is 11.5 Å². The molecule has 22 heavy (non-hydrogen) atoms. The molecule has 6 heteroatoms. The molecule has 0 saturated carbocycles. The average molecular weight is 297 g/mol. The van der Waals surface area contributed by atoms with Crippen molar-refractivity contribution in [3.63, 3.8) is 0 Å². The fourth-order valence-corrected chi connectivity index (χ4v) is 2.62. The summed E-state index contributed by atoms with van der Waals surface area (Å²) in [5.74, 6) is 0.789. The van der Waals surface area contributed by atoms with Crippen molar-refractivity contribution in [3.05, 3.63) is 47.6 Å². The minimum Gasteiger partial charge on any atom is -0.330 e. The van der Waals surface area contributed by atoms with Gasteiger partial charge in [-0.3, -0.25) is 4.79 Å². The molecule has 1 aliphatic carbocycles. The first-order valence-electron chi connectivity index (χ1n) is 7.39. The monoisotopic (exact) mass is 297 g/mol. The molecule has 2 aromatic heterocycles. The van der Waals surface area contributed by atoms with Gasteiger partial charge >= 0.3 is 0 Å². The predicted molar refractivity (Wildman–Crippen MR) is 83.1 cm³/mol. The quantitative estimate of drug-likeness (QED) is 0.941. The summed E-state index contributed by atoms with van der Waals surface area (Å²) in [6, 6.07) is 3.89. The Hall–Kier alpha value is -2.50. The molecular formula is C16H19N5O. The van der Waals surface area contributed by atoms with E-state index in [-0.39, 0.29) is 11.3 Å². The van der Waals surface area contributed by atoms with E-state index in [4.69, 9.17) is 0 Å². The molecule has 0 fully saturated rings. The fourth-order valence-electron chi connectivity index (χ4n) is 2.62. The summed E-state index contributed by atoms with van der Waals surface area (Å²) in [5.41, 5.74) is 2.31. The molecule has 0 bridgehead atoms. The van der Waals surface area contributed by atoms with Crippen LogP contribution in [0.1, 0.15) is 38.2 Å². The summed E-state index contributed by atoms with van der Waals surface area (Å²) in [4.78, 5) is 11.6. The summed E-state index contributed by atoms with van der Waals surface area (Å²) in [6.07, 6.45) is 7.21.